The van der Waals surface area contributed by atoms with Gasteiger partial charge in [0.05, 0.1) is 22.9 Å². The molecule has 160 valence electrons. The van der Waals surface area contributed by atoms with Gasteiger partial charge in [0.15, 0.2) is 5.78 Å². The predicted octanol–water partition coefficient (Wildman–Crippen LogP) is 3.68. The first-order valence-corrected chi connectivity index (χ1v) is 10.6. The summed E-state index contributed by atoms with van der Waals surface area (Å²) in [7, 11) is 0. The number of amides is 1. The van der Waals surface area contributed by atoms with E-state index >= 15 is 0 Å². The van der Waals surface area contributed by atoms with Crippen LogP contribution in [-0.4, -0.2) is 49.3 Å². The fourth-order valence-corrected chi connectivity index (χ4v) is 3.82. The number of carbonyl (C=O) groups is 2. The second-order valence-electron chi connectivity index (χ2n) is 8.20. The molecule has 1 N–H and O–H groups in total. The van der Waals surface area contributed by atoms with Gasteiger partial charge in [0.25, 0.3) is 5.91 Å². The van der Waals surface area contributed by atoms with Crippen molar-refractivity contribution in [2.24, 2.45) is 5.92 Å². The maximum Gasteiger partial charge on any atom is 0.256 e. The van der Waals surface area contributed by atoms with E-state index in [2.05, 4.69) is 11.4 Å². The van der Waals surface area contributed by atoms with Crippen molar-refractivity contribution in [2.75, 3.05) is 42.9 Å². The van der Waals surface area contributed by atoms with Crippen molar-refractivity contribution in [1.29, 1.82) is 5.26 Å². The molecule has 1 aliphatic heterocycles. The SMILES string of the molecule is CC(=O)c1ccc(N2CCN(C(=O)c3cc(C#N)ccc3NCC3CC3)CC2)c(F)c1. The van der Waals surface area contributed by atoms with Gasteiger partial charge in [-0.1, -0.05) is 0 Å². The smallest absolute Gasteiger partial charge is 0.256 e. The molecule has 2 aromatic rings. The van der Waals surface area contributed by atoms with Crippen LogP contribution in [0.4, 0.5) is 15.8 Å². The van der Waals surface area contributed by atoms with Gasteiger partial charge >= 0.3 is 0 Å². The van der Waals surface area contributed by atoms with Gasteiger partial charge in [-0.25, -0.2) is 4.39 Å². The van der Waals surface area contributed by atoms with Crippen LogP contribution in [0.2, 0.25) is 0 Å². The van der Waals surface area contributed by atoms with Crippen LogP contribution < -0.4 is 10.2 Å². The van der Waals surface area contributed by atoms with Crippen molar-refractivity contribution in [3.05, 3.63) is 58.9 Å². The number of carbonyl (C=O) groups excluding carboxylic acids is 2. The Morgan fingerprint density at radius 1 is 1.13 bits per heavy atom. The van der Waals surface area contributed by atoms with E-state index in [1.165, 1.54) is 25.8 Å². The molecule has 0 bridgehead atoms. The molecule has 2 aromatic carbocycles. The number of nitrogens with zero attached hydrogens (tertiary/aromatic N) is 3. The van der Waals surface area contributed by atoms with E-state index < -0.39 is 5.82 Å². The van der Waals surface area contributed by atoms with E-state index in [0.29, 0.717) is 54.5 Å². The zero-order valence-electron chi connectivity index (χ0n) is 17.5. The largest absolute Gasteiger partial charge is 0.384 e. The molecule has 0 aromatic heterocycles. The van der Waals surface area contributed by atoms with Crippen LogP contribution in [0.5, 0.6) is 0 Å². The van der Waals surface area contributed by atoms with Crippen LogP contribution in [0.3, 0.4) is 0 Å². The fraction of sp³-hybridized carbons (Fsp3) is 0.375. The molecule has 4 rings (SSSR count). The van der Waals surface area contributed by atoms with E-state index in [0.717, 1.165) is 12.2 Å². The summed E-state index contributed by atoms with van der Waals surface area (Å²) in [5.74, 6) is -0.0683. The molecule has 0 radical (unpaired) electrons. The Bertz CT molecular complexity index is 1050. The van der Waals surface area contributed by atoms with Gasteiger partial charge in [-0.2, -0.15) is 5.26 Å². The molecule has 2 aliphatic rings. The van der Waals surface area contributed by atoms with Crippen LogP contribution in [-0.2, 0) is 0 Å². The molecule has 0 spiro atoms. The summed E-state index contributed by atoms with van der Waals surface area (Å²) in [6, 6.07) is 11.8. The highest BCUT2D eigenvalue weighted by molar-refractivity contribution is 6.00. The molecule has 1 heterocycles. The Labute approximate surface area is 181 Å². The molecule has 0 atom stereocenters. The second kappa shape index (κ2) is 8.76. The average molecular weight is 420 g/mol. The molecule has 2 fully saturated rings. The molecule has 1 aliphatic carbocycles. The predicted molar refractivity (Wildman–Crippen MR) is 117 cm³/mol. The zero-order valence-corrected chi connectivity index (χ0v) is 17.5. The summed E-state index contributed by atoms with van der Waals surface area (Å²) in [5.41, 5.74) is 2.50. The highest BCUT2D eigenvalue weighted by Gasteiger charge is 2.27. The quantitative estimate of drug-likeness (QED) is 0.722. The van der Waals surface area contributed by atoms with Crippen LogP contribution >= 0.6 is 0 Å². The fourth-order valence-electron chi connectivity index (χ4n) is 3.82. The van der Waals surface area contributed by atoms with Gasteiger partial charge in [-0.05, 0) is 62.1 Å². The number of anilines is 2. The van der Waals surface area contributed by atoms with Gasteiger partial charge in [0.1, 0.15) is 5.82 Å². The molecule has 7 heteroatoms. The standard InChI is InChI=1S/C24H25FN4O2/c1-16(30)19-5-7-23(21(25)13-19)28-8-10-29(11-9-28)24(31)20-12-18(14-26)4-6-22(20)27-15-17-2-3-17/h4-7,12-13,17,27H,2-3,8-11,15H2,1H3. The third kappa shape index (κ3) is 4.69. The summed E-state index contributed by atoms with van der Waals surface area (Å²) < 4.78 is 14.5. The lowest BCUT2D eigenvalue weighted by Crippen LogP contribution is -2.49. The minimum atomic E-state index is -0.430. The van der Waals surface area contributed by atoms with Gasteiger partial charge < -0.3 is 15.1 Å². The van der Waals surface area contributed by atoms with E-state index in [9.17, 15) is 19.2 Å². The van der Waals surface area contributed by atoms with Crippen molar-refractivity contribution in [3.63, 3.8) is 0 Å². The highest BCUT2D eigenvalue weighted by atomic mass is 19.1. The molecule has 6 nitrogen and oxygen atoms in total. The maximum atomic E-state index is 14.5. The van der Waals surface area contributed by atoms with E-state index in [-0.39, 0.29) is 11.7 Å². The lowest BCUT2D eigenvalue weighted by Gasteiger charge is -2.36. The molecular formula is C24H25FN4O2. The Balaban J connectivity index is 1.46. The summed E-state index contributed by atoms with van der Waals surface area (Å²) in [5, 5.41) is 12.6. The number of benzene rings is 2. The van der Waals surface area contributed by atoms with Crippen LogP contribution in [0.25, 0.3) is 0 Å². The van der Waals surface area contributed by atoms with Crippen molar-refractivity contribution in [3.8, 4) is 6.07 Å². The van der Waals surface area contributed by atoms with Crippen LogP contribution in [0.15, 0.2) is 36.4 Å². The first-order chi connectivity index (χ1) is 15.0. The van der Waals surface area contributed by atoms with Gasteiger partial charge in [0, 0.05) is 44.0 Å². The van der Waals surface area contributed by atoms with E-state index in [1.807, 2.05) is 4.90 Å². The molecule has 1 saturated heterocycles. The number of hydrogen-bond donors (Lipinski definition) is 1. The lowest BCUT2D eigenvalue weighted by molar-refractivity contribution is 0.0747. The van der Waals surface area contributed by atoms with Gasteiger partial charge in [0.2, 0.25) is 0 Å². The lowest BCUT2D eigenvalue weighted by atomic mass is 10.1. The average Bonchev–Trinajstić information content (AvgIpc) is 3.61. The first-order valence-electron chi connectivity index (χ1n) is 10.6. The van der Waals surface area contributed by atoms with Crippen LogP contribution in [0.1, 0.15) is 46.0 Å². The Hall–Kier alpha value is -3.40. The number of nitriles is 1. The van der Waals surface area contributed by atoms with Crippen molar-refractivity contribution in [1.82, 2.24) is 4.90 Å². The number of halogens is 1. The van der Waals surface area contributed by atoms with Crippen molar-refractivity contribution in [2.45, 2.75) is 19.8 Å². The number of hydrogen-bond acceptors (Lipinski definition) is 5. The molecule has 31 heavy (non-hydrogen) atoms. The number of piperazine rings is 1. The summed E-state index contributed by atoms with van der Waals surface area (Å²) >= 11 is 0. The summed E-state index contributed by atoms with van der Waals surface area (Å²) in [6.45, 7) is 4.12. The normalized spacial score (nSPS) is 16.0. The maximum absolute atomic E-state index is 14.5. The molecule has 0 unspecified atom stereocenters. The Kier molecular flexibility index (Phi) is 5.90. The second-order valence-corrected chi connectivity index (χ2v) is 8.20. The number of nitrogens with one attached hydrogen (secondary N) is 1. The van der Waals surface area contributed by atoms with Gasteiger partial charge in [-0.15, -0.1) is 0 Å². The minimum absolute atomic E-state index is 0.123. The monoisotopic (exact) mass is 420 g/mol. The molecular weight excluding hydrogens is 395 g/mol. The van der Waals surface area contributed by atoms with Crippen molar-refractivity contribution < 1.29 is 14.0 Å². The number of Topliss-reactive ketones (excluding diaryl/α,β-unsaturated/α-hetero) is 1. The molecule has 1 saturated carbocycles. The third-order valence-corrected chi connectivity index (χ3v) is 5.92. The summed E-state index contributed by atoms with van der Waals surface area (Å²) in [6.07, 6.45) is 2.41. The van der Waals surface area contributed by atoms with Crippen molar-refractivity contribution >= 4 is 23.1 Å². The number of rotatable bonds is 6. The number of ketones is 1. The van der Waals surface area contributed by atoms with Crippen LogP contribution in [0, 0.1) is 23.1 Å². The zero-order chi connectivity index (χ0) is 22.0. The molecule has 1 amide bonds. The highest BCUT2D eigenvalue weighted by Crippen LogP contribution is 2.30. The first kappa shape index (κ1) is 20.9. The summed E-state index contributed by atoms with van der Waals surface area (Å²) in [4.78, 5) is 28.3. The van der Waals surface area contributed by atoms with E-state index in [1.54, 1.807) is 35.2 Å². The minimum Gasteiger partial charge on any atom is -0.384 e. The third-order valence-electron chi connectivity index (χ3n) is 5.92. The van der Waals surface area contributed by atoms with Gasteiger partial charge in [-0.3, -0.25) is 9.59 Å². The topological polar surface area (TPSA) is 76.4 Å². The Morgan fingerprint density at radius 2 is 1.87 bits per heavy atom. The Morgan fingerprint density at radius 3 is 2.48 bits per heavy atom. The van der Waals surface area contributed by atoms with E-state index in [4.69, 9.17) is 0 Å².